The predicted molar refractivity (Wildman–Crippen MR) is 101 cm³/mol. The number of hydrogen-bond acceptors (Lipinski definition) is 7. The van der Waals surface area contributed by atoms with Crippen molar-refractivity contribution in [3.63, 3.8) is 0 Å². The van der Waals surface area contributed by atoms with Gasteiger partial charge in [-0.1, -0.05) is 16.5 Å². The van der Waals surface area contributed by atoms with E-state index in [9.17, 15) is 18.0 Å². The van der Waals surface area contributed by atoms with Crippen molar-refractivity contribution in [3.8, 4) is 0 Å². The summed E-state index contributed by atoms with van der Waals surface area (Å²) in [5.74, 6) is -0.389. The second-order valence-corrected chi connectivity index (χ2v) is 8.44. The van der Waals surface area contributed by atoms with Crippen LogP contribution in [0, 0.1) is 20.8 Å². The monoisotopic (exact) mass is 408 g/mol. The molecule has 9 nitrogen and oxygen atoms in total. The molecule has 2 heterocycles. The van der Waals surface area contributed by atoms with Gasteiger partial charge in [-0.15, -0.1) is 0 Å². The molecule has 0 bridgehead atoms. The van der Waals surface area contributed by atoms with Crippen molar-refractivity contribution < 1.29 is 17.7 Å². The number of carbonyl (C=O) groups excluding carboxylic acids is 1. The fraction of sp³-hybridized carbons (Fsp3) is 0.188. The van der Waals surface area contributed by atoms with Crippen molar-refractivity contribution in [1.29, 1.82) is 0 Å². The first-order valence-electron chi connectivity index (χ1n) is 7.74. The van der Waals surface area contributed by atoms with Gasteiger partial charge in [0.25, 0.3) is 15.9 Å². The number of rotatable bonds is 5. The molecule has 3 rings (SSSR count). The average Bonchev–Trinajstić information content (AvgIpc) is 3.11. The molecule has 142 valence electrons. The van der Waals surface area contributed by atoms with Crippen LogP contribution >= 0.6 is 11.3 Å². The van der Waals surface area contributed by atoms with Crippen LogP contribution < -0.4 is 14.9 Å². The van der Waals surface area contributed by atoms with E-state index in [1.165, 1.54) is 24.3 Å². The number of anilines is 2. The Bertz CT molecular complexity index is 1160. The number of nitrogens with zero attached hydrogens (tertiary/aromatic N) is 1. The summed E-state index contributed by atoms with van der Waals surface area (Å²) in [6, 6.07) is 5.61. The Morgan fingerprint density at radius 3 is 2.37 bits per heavy atom. The average molecular weight is 408 g/mol. The van der Waals surface area contributed by atoms with Crippen LogP contribution in [0.4, 0.5) is 11.6 Å². The zero-order valence-electron chi connectivity index (χ0n) is 14.6. The first-order chi connectivity index (χ1) is 12.7. The molecule has 11 heteroatoms. The molecule has 0 aliphatic carbocycles. The molecule has 0 radical (unpaired) electrons. The minimum Gasteiger partial charge on any atom is -0.337 e. The highest BCUT2D eigenvalue weighted by Gasteiger charge is 2.19. The second-order valence-electron chi connectivity index (χ2n) is 5.77. The van der Waals surface area contributed by atoms with E-state index in [0.717, 1.165) is 11.3 Å². The standard InChI is InChI=1S/C16H16N4O5S2/c1-8-9(2)19-25-15(8)20-27(23,24)12-6-4-11(5-7-12)18-14(21)13-10(3)17-16(22)26-13/h4-7,20H,1-3H3,(H,17,22)(H,18,21). The third kappa shape index (κ3) is 3.93. The highest BCUT2D eigenvalue weighted by atomic mass is 32.2. The van der Waals surface area contributed by atoms with Gasteiger partial charge in [-0.25, -0.2) is 13.1 Å². The maximum atomic E-state index is 12.4. The number of benzene rings is 1. The van der Waals surface area contributed by atoms with Gasteiger partial charge in [0, 0.05) is 16.9 Å². The Morgan fingerprint density at radius 1 is 1.19 bits per heavy atom. The maximum Gasteiger partial charge on any atom is 0.305 e. The van der Waals surface area contributed by atoms with E-state index in [1.54, 1.807) is 20.8 Å². The predicted octanol–water partition coefficient (Wildman–Crippen LogP) is 2.40. The van der Waals surface area contributed by atoms with Crippen molar-refractivity contribution >= 4 is 38.8 Å². The molecule has 3 aromatic rings. The van der Waals surface area contributed by atoms with Gasteiger partial charge in [-0.05, 0) is 45.0 Å². The first kappa shape index (κ1) is 18.9. The van der Waals surface area contributed by atoms with E-state index in [1.807, 2.05) is 0 Å². The molecule has 0 saturated carbocycles. The highest BCUT2D eigenvalue weighted by molar-refractivity contribution is 7.92. The molecule has 1 amide bonds. The maximum absolute atomic E-state index is 12.4. The molecule has 2 aromatic heterocycles. The Morgan fingerprint density at radius 2 is 1.85 bits per heavy atom. The van der Waals surface area contributed by atoms with E-state index >= 15 is 0 Å². The molecule has 0 spiro atoms. The third-order valence-electron chi connectivity index (χ3n) is 3.84. The summed E-state index contributed by atoms with van der Waals surface area (Å²) in [5.41, 5.74) is 2.06. The molecule has 0 aliphatic rings. The molecule has 1 aromatic carbocycles. The molecule has 0 fully saturated rings. The quantitative estimate of drug-likeness (QED) is 0.593. The fourth-order valence-electron chi connectivity index (χ4n) is 2.22. The SMILES string of the molecule is Cc1noc(NS(=O)(=O)c2ccc(NC(=O)c3sc(=O)[nH]c3C)cc2)c1C. The summed E-state index contributed by atoms with van der Waals surface area (Å²) in [6.07, 6.45) is 0. The van der Waals surface area contributed by atoms with Gasteiger partial charge in [0.05, 0.1) is 10.6 Å². The normalized spacial score (nSPS) is 11.4. The third-order valence-corrected chi connectivity index (χ3v) is 6.17. The van der Waals surface area contributed by atoms with Crippen LogP contribution in [0.2, 0.25) is 0 Å². The minimum atomic E-state index is -3.86. The van der Waals surface area contributed by atoms with Crippen LogP contribution in [0.1, 0.15) is 26.6 Å². The van der Waals surface area contributed by atoms with Crippen molar-refractivity contribution in [2.24, 2.45) is 0 Å². The van der Waals surface area contributed by atoms with Gasteiger partial charge in [0.2, 0.25) is 5.88 Å². The molecular formula is C16H16N4O5S2. The van der Waals surface area contributed by atoms with Crippen molar-refractivity contribution in [1.82, 2.24) is 10.1 Å². The van der Waals surface area contributed by atoms with Crippen LogP contribution in [0.25, 0.3) is 0 Å². The van der Waals surface area contributed by atoms with Gasteiger partial charge in [-0.3, -0.25) is 9.59 Å². The van der Waals surface area contributed by atoms with Crippen molar-refractivity contribution in [2.45, 2.75) is 25.7 Å². The number of nitrogens with one attached hydrogen (secondary N) is 3. The van der Waals surface area contributed by atoms with E-state index in [4.69, 9.17) is 4.52 Å². The molecule has 0 saturated heterocycles. The Labute approximate surface area is 158 Å². The molecule has 0 atom stereocenters. The lowest BCUT2D eigenvalue weighted by molar-refractivity contribution is 0.103. The second kappa shape index (κ2) is 7.00. The van der Waals surface area contributed by atoms with Gasteiger partial charge in [0.15, 0.2) is 0 Å². The summed E-state index contributed by atoms with van der Waals surface area (Å²) in [7, 11) is -3.86. The largest absolute Gasteiger partial charge is 0.337 e. The van der Waals surface area contributed by atoms with Crippen LogP contribution in [0.15, 0.2) is 38.5 Å². The van der Waals surface area contributed by atoms with E-state index < -0.39 is 15.9 Å². The lowest BCUT2D eigenvalue weighted by Crippen LogP contribution is -2.14. The zero-order valence-corrected chi connectivity index (χ0v) is 16.2. The zero-order chi connectivity index (χ0) is 19.8. The number of aromatic nitrogens is 2. The number of hydrogen-bond donors (Lipinski definition) is 3. The number of sulfonamides is 1. The number of carbonyl (C=O) groups is 1. The van der Waals surface area contributed by atoms with Crippen LogP contribution in [0.5, 0.6) is 0 Å². The summed E-state index contributed by atoms with van der Waals surface area (Å²) in [4.78, 5) is 26.0. The van der Waals surface area contributed by atoms with Gasteiger partial charge in [-0.2, -0.15) is 0 Å². The first-order valence-corrected chi connectivity index (χ1v) is 10.0. The van der Waals surface area contributed by atoms with Gasteiger partial charge >= 0.3 is 4.87 Å². The summed E-state index contributed by atoms with van der Waals surface area (Å²) < 4.78 is 32.2. The van der Waals surface area contributed by atoms with E-state index in [2.05, 4.69) is 20.2 Å². The molecule has 27 heavy (non-hydrogen) atoms. The van der Waals surface area contributed by atoms with Gasteiger partial charge in [0.1, 0.15) is 4.88 Å². The number of aryl methyl sites for hydroxylation is 2. The summed E-state index contributed by atoms with van der Waals surface area (Å²) >= 11 is 0.808. The van der Waals surface area contributed by atoms with Crippen molar-refractivity contribution in [3.05, 3.63) is 55.8 Å². The van der Waals surface area contributed by atoms with Crippen LogP contribution in [-0.2, 0) is 10.0 Å². The Hall–Kier alpha value is -2.92. The summed E-state index contributed by atoms with van der Waals surface area (Å²) in [6.45, 7) is 5.03. The molecule has 3 N–H and O–H groups in total. The summed E-state index contributed by atoms with van der Waals surface area (Å²) in [5, 5.41) is 6.33. The van der Waals surface area contributed by atoms with Crippen LogP contribution in [0.3, 0.4) is 0 Å². The molecule has 0 unspecified atom stereocenters. The van der Waals surface area contributed by atoms with E-state index in [-0.39, 0.29) is 20.5 Å². The Balaban J connectivity index is 1.76. The molecule has 0 aliphatic heterocycles. The fourth-order valence-corrected chi connectivity index (χ4v) is 4.00. The number of amides is 1. The smallest absolute Gasteiger partial charge is 0.305 e. The highest BCUT2D eigenvalue weighted by Crippen LogP contribution is 2.23. The molecular weight excluding hydrogens is 392 g/mol. The topological polar surface area (TPSA) is 134 Å². The van der Waals surface area contributed by atoms with E-state index in [0.29, 0.717) is 22.6 Å². The number of aromatic amines is 1. The lowest BCUT2D eigenvalue weighted by atomic mass is 10.3. The number of H-pyrrole nitrogens is 1. The number of thiazole rings is 1. The van der Waals surface area contributed by atoms with Crippen LogP contribution in [-0.4, -0.2) is 24.5 Å². The lowest BCUT2D eigenvalue weighted by Gasteiger charge is -2.08. The minimum absolute atomic E-state index is 0.00330. The Kier molecular flexibility index (Phi) is 4.89. The van der Waals surface area contributed by atoms with Crippen molar-refractivity contribution in [2.75, 3.05) is 10.0 Å². The van der Waals surface area contributed by atoms with Gasteiger partial charge < -0.3 is 14.8 Å².